The number of carbonyl (C=O) groups excluding carboxylic acids is 1. The predicted molar refractivity (Wildman–Crippen MR) is 84.7 cm³/mol. The number of nitrogens with one attached hydrogen (secondary N) is 1. The molecule has 0 aliphatic carbocycles. The Bertz CT molecular complexity index is 746. The smallest absolute Gasteiger partial charge is 0.119 e. The molecule has 0 bridgehead atoms. The largest absolute Gasteiger partial charge is 0.548 e. The van der Waals surface area contributed by atoms with Crippen molar-refractivity contribution >= 4 is 11.7 Å². The van der Waals surface area contributed by atoms with Crippen molar-refractivity contribution in [3.8, 4) is 11.8 Å². The third kappa shape index (κ3) is 3.80. The highest BCUT2D eigenvalue weighted by Gasteiger charge is 2.16. The molecule has 0 radical (unpaired) electrons. The molecule has 0 aliphatic rings. The summed E-state index contributed by atoms with van der Waals surface area (Å²) in [6, 6.07) is 12.1. The molecule has 1 atom stereocenters. The number of phenolic OH excluding ortho intramolecular Hbond substituents is 1. The molecule has 2 N–H and O–H groups in total. The lowest BCUT2D eigenvalue weighted by Crippen LogP contribution is -2.34. The monoisotopic (exact) mass is 309 g/mol. The second kappa shape index (κ2) is 6.84. The van der Waals surface area contributed by atoms with Crippen molar-refractivity contribution < 1.29 is 15.0 Å². The molecule has 23 heavy (non-hydrogen) atoms. The number of anilines is 1. The van der Waals surface area contributed by atoms with E-state index in [1.165, 1.54) is 6.07 Å². The number of rotatable bonds is 5. The van der Waals surface area contributed by atoms with Gasteiger partial charge in [-0.05, 0) is 53.4 Å². The van der Waals surface area contributed by atoms with E-state index in [-0.39, 0.29) is 11.7 Å². The minimum Gasteiger partial charge on any atom is -0.548 e. The molecule has 0 aliphatic heterocycles. The van der Waals surface area contributed by atoms with Gasteiger partial charge in [-0.25, -0.2) is 0 Å². The van der Waals surface area contributed by atoms with Crippen molar-refractivity contribution in [2.45, 2.75) is 25.8 Å². The molecule has 5 heteroatoms. The lowest BCUT2D eigenvalue weighted by atomic mass is 9.96. The van der Waals surface area contributed by atoms with Crippen molar-refractivity contribution in [2.24, 2.45) is 0 Å². The van der Waals surface area contributed by atoms with Gasteiger partial charge >= 0.3 is 0 Å². The first-order chi connectivity index (χ1) is 10.9. The van der Waals surface area contributed by atoms with Crippen LogP contribution in [0.3, 0.4) is 0 Å². The maximum absolute atomic E-state index is 11.5. The van der Waals surface area contributed by atoms with Gasteiger partial charge in [0.2, 0.25) is 0 Å². The third-order valence-electron chi connectivity index (χ3n) is 3.57. The standard InChI is InChI=1S/C18H18N2O3/c1-11(2)15-9-13(5-8-16(15)21)17(18(22)23)20-14-6-3-12(10-19)4-7-14/h3-9,11,17,20-21H,1-2H3,(H,22,23)/p-1. The molecule has 0 aromatic heterocycles. The van der Waals surface area contributed by atoms with E-state index >= 15 is 0 Å². The molecule has 5 nitrogen and oxygen atoms in total. The van der Waals surface area contributed by atoms with Gasteiger partial charge < -0.3 is 20.3 Å². The molecule has 0 saturated heterocycles. The number of hydrogen-bond donors (Lipinski definition) is 2. The molecule has 0 fully saturated rings. The van der Waals surface area contributed by atoms with Crippen LogP contribution in [0, 0.1) is 11.3 Å². The molecular formula is C18H17N2O3-. The molecule has 2 aromatic carbocycles. The minimum atomic E-state index is -1.27. The van der Waals surface area contributed by atoms with Gasteiger partial charge in [0.05, 0.1) is 23.6 Å². The first-order valence-corrected chi connectivity index (χ1v) is 7.22. The summed E-state index contributed by atoms with van der Waals surface area (Å²) in [5.41, 5.74) is 2.23. The third-order valence-corrected chi connectivity index (χ3v) is 3.57. The van der Waals surface area contributed by atoms with Crippen LogP contribution in [0.25, 0.3) is 0 Å². The average molecular weight is 309 g/mol. The fourth-order valence-electron chi connectivity index (χ4n) is 2.30. The zero-order valence-corrected chi connectivity index (χ0v) is 12.9. The summed E-state index contributed by atoms with van der Waals surface area (Å²) in [7, 11) is 0. The number of phenols is 1. The Kier molecular flexibility index (Phi) is 4.87. The van der Waals surface area contributed by atoms with Gasteiger partial charge in [0, 0.05) is 5.69 Å². The maximum atomic E-state index is 11.5. The van der Waals surface area contributed by atoms with Crippen LogP contribution in [-0.4, -0.2) is 11.1 Å². The molecule has 0 saturated carbocycles. The van der Waals surface area contributed by atoms with Crippen LogP contribution in [0.5, 0.6) is 5.75 Å². The molecule has 0 heterocycles. The van der Waals surface area contributed by atoms with Crippen molar-refractivity contribution in [3.63, 3.8) is 0 Å². The SMILES string of the molecule is CC(C)c1cc(C(Nc2ccc(C#N)cc2)C(=O)[O-])ccc1O. The van der Waals surface area contributed by atoms with E-state index in [0.29, 0.717) is 22.4 Å². The number of aliphatic carboxylic acids is 1. The molecule has 0 amide bonds. The van der Waals surface area contributed by atoms with E-state index in [4.69, 9.17) is 5.26 Å². The number of carbonyl (C=O) groups is 1. The maximum Gasteiger partial charge on any atom is 0.119 e. The van der Waals surface area contributed by atoms with Gasteiger partial charge in [-0.2, -0.15) is 5.26 Å². The van der Waals surface area contributed by atoms with Gasteiger partial charge in [-0.1, -0.05) is 19.9 Å². The van der Waals surface area contributed by atoms with Crippen LogP contribution in [0.2, 0.25) is 0 Å². The highest BCUT2D eigenvalue weighted by molar-refractivity contribution is 5.77. The zero-order valence-electron chi connectivity index (χ0n) is 12.9. The minimum absolute atomic E-state index is 0.0623. The van der Waals surface area contributed by atoms with E-state index in [1.807, 2.05) is 19.9 Å². The number of hydrogen-bond acceptors (Lipinski definition) is 5. The predicted octanol–water partition coefficient (Wildman–Crippen LogP) is 2.29. The Hall–Kier alpha value is -3.00. The highest BCUT2D eigenvalue weighted by atomic mass is 16.4. The van der Waals surface area contributed by atoms with E-state index in [1.54, 1.807) is 36.4 Å². The number of nitrogens with zero attached hydrogens (tertiary/aromatic N) is 1. The Morgan fingerprint density at radius 2 is 1.87 bits per heavy atom. The summed E-state index contributed by atoms with van der Waals surface area (Å²) in [6.07, 6.45) is 0. The van der Waals surface area contributed by atoms with Crippen LogP contribution in [0.15, 0.2) is 42.5 Å². The van der Waals surface area contributed by atoms with Gasteiger partial charge in [0.1, 0.15) is 5.75 Å². The van der Waals surface area contributed by atoms with Crippen molar-refractivity contribution in [3.05, 3.63) is 59.2 Å². The molecule has 118 valence electrons. The van der Waals surface area contributed by atoms with E-state index in [9.17, 15) is 15.0 Å². The summed E-state index contributed by atoms with van der Waals surface area (Å²) in [5.74, 6) is -1.07. The second-order valence-electron chi connectivity index (χ2n) is 5.56. The van der Waals surface area contributed by atoms with Crippen molar-refractivity contribution in [2.75, 3.05) is 5.32 Å². The normalized spacial score (nSPS) is 11.7. The fraction of sp³-hybridized carbons (Fsp3) is 0.222. The molecule has 0 spiro atoms. The Morgan fingerprint density at radius 3 is 2.39 bits per heavy atom. The van der Waals surface area contributed by atoms with E-state index < -0.39 is 12.0 Å². The summed E-state index contributed by atoms with van der Waals surface area (Å²) < 4.78 is 0. The molecule has 2 aromatic rings. The number of benzene rings is 2. The number of aromatic hydroxyl groups is 1. The quantitative estimate of drug-likeness (QED) is 0.883. The Labute approximate surface area is 134 Å². The van der Waals surface area contributed by atoms with Crippen LogP contribution in [-0.2, 0) is 4.79 Å². The van der Waals surface area contributed by atoms with Gasteiger partial charge in [0.15, 0.2) is 0 Å². The van der Waals surface area contributed by atoms with Crippen molar-refractivity contribution in [1.82, 2.24) is 0 Å². The van der Waals surface area contributed by atoms with Gasteiger partial charge in [-0.15, -0.1) is 0 Å². The molecule has 2 rings (SSSR count). The van der Waals surface area contributed by atoms with Crippen LogP contribution in [0.1, 0.15) is 42.5 Å². The van der Waals surface area contributed by atoms with E-state index in [2.05, 4.69) is 5.32 Å². The topological polar surface area (TPSA) is 96.2 Å². The van der Waals surface area contributed by atoms with Gasteiger partial charge in [0.25, 0.3) is 0 Å². The van der Waals surface area contributed by atoms with Gasteiger partial charge in [-0.3, -0.25) is 0 Å². The van der Waals surface area contributed by atoms with E-state index in [0.717, 1.165) is 0 Å². The van der Waals surface area contributed by atoms with Crippen LogP contribution in [0.4, 0.5) is 5.69 Å². The van der Waals surface area contributed by atoms with Crippen molar-refractivity contribution in [1.29, 1.82) is 5.26 Å². The summed E-state index contributed by atoms with van der Waals surface area (Å²) >= 11 is 0. The lowest BCUT2D eigenvalue weighted by molar-refractivity contribution is -0.307. The lowest BCUT2D eigenvalue weighted by Gasteiger charge is -2.23. The first kappa shape index (κ1) is 16.4. The Balaban J connectivity index is 2.33. The highest BCUT2D eigenvalue weighted by Crippen LogP contribution is 2.29. The summed E-state index contributed by atoms with van der Waals surface area (Å²) in [4.78, 5) is 11.5. The van der Waals surface area contributed by atoms with Crippen LogP contribution >= 0.6 is 0 Å². The zero-order chi connectivity index (χ0) is 17.0. The summed E-state index contributed by atoms with van der Waals surface area (Å²) in [6.45, 7) is 3.84. The summed E-state index contributed by atoms with van der Waals surface area (Å²) in [5, 5.41) is 33.0. The number of nitriles is 1. The number of carboxylic acid groups (broad SMARTS) is 1. The molecule has 1 unspecified atom stereocenters. The van der Waals surface area contributed by atoms with Crippen LogP contribution < -0.4 is 10.4 Å². The molecular weight excluding hydrogens is 292 g/mol. The average Bonchev–Trinajstić information content (AvgIpc) is 2.53. The second-order valence-corrected chi connectivity index (χ2v) is 5.56. The number of carboxylic acids is 1. The fourth-order valence-corrected chi connectivity index (χ4v) is 2.30. The Morgan fingerprint density at radius 1 is 1.22 bits per heavy atom. The first-order valence-electron chi connectivity index (χ1n) is 7.22.